The van der Waals surface area contributed by atoms with E-state index < -0.39 is 16.1 Å². The Balaban J connectivity index is 0. The van der Waals surface area contributed by atoms with E-state index in [2.05, 4.69) is 13.5 Å². The number of carboxylic acid groups (broad SMARTS) is 1. The third kappa shape index (κ3) is 22.3. The molecule has 0 unspecified atom stereocenters. The van der Waals surface area contributed by atoms with Gasteiger partial charge in [-0.25, -0.2) is 4.79 Å². The van der Waals surface area contributed by atoms with E-state index in [0.29, 0.717) is 6.42 Å². The van der Waals surface area contributed by atoms with Crippen LogP contribution in [0.15, 0.2) is 12.2 Å². The van der Waals surface area contributed by atoms with Crippen molar-refractivity contribution in [3.63, 3.8) is 0 Å². The largest absolute Gasteiger partial charge is 0.478 e. The highest BCUT2D eigenvalue weighted by molar-refractivity contribution is 7.85. The van der Waals surface area contributed by atoms with Crippen LogP contribution in [-0.2, 0) is 14.9 Å². The van der Waals surface area contributed by atoms with Crippen molar-refractivity contribution >= 4 is 16.1 Å². The van der Waals surface area contributed by atoms with Crippen molar-refractivity contribution < 1.29 is 22.9 Å². The van der Waals surface area contributed by atoms with E-state index in [1.165, 1.54) is 39.0 Å². The summed E-state index contributed by atoms with van der Waals surface area (Å²) >= 11 is 0. The summed E-state index contributed by atoms with van der Waals surface area (Å²) in [4.78, 5) is 9.60. The molecule has 0 amide bonds. The SMILES string of the molecule is C=C(C)C(=O)O.CCCCCCCCCCS(=O)(=O)O. The van der Waals surface area contributed by atoms with Gasteiger partial charge in [0.15, 0.2) is 0 Å². The number of carbonyl (C=O) groups is 1. The van der Waals surface area contributed by atoms with Gasteiger partial charge in [0.2, 0.25) is 0 Å². The van der Waals surface area contributed by atoms with Crippen molar-refractivity contribution in [3.8, 4) is 0 Å². The van der Waals surface area contributed by atoms with Gasteiger partial charge in [-0.1, -0.05) is 58.4 Å². The van der Waals surface area contributed by atoms with Gasteiger partial charge in [0, 0.05) is 5.57 Å². The zero-order valence-corrected chi connectivity index (χ0v) is 13.4. The van der Waals surface area contributed by atoms with Gasteiger partial charge in [0.1, 0.15) is 0 Å². The van der Waals surface area contributed by atoms with Crippen molar-refractivity contribution in [3.05, 3.63) is 12.2 Å². The second-order valence-electron chi connectivity index (χ2n) is 4.85. The number of carboxylic acids is 1. The van der Waals surface area contributed by atoms with Gasteiger partial charge in [-0.3, -0.25) is 4.55 Å². The molecule has 0 aromatic carbocycles. The number of rotatable bonds is 10. The van der Waals surface area contributed by atoms with Crippen LogP contribution in [0.5, 0.6) is 0 Å². The highest BCUT2D eigenvalue weighted by Gasteiger charge is 2.02. The Morgan fingerprint density at radius 3 is 1.65 bits per heavy atom. The van der Waals surface area contributed by atoms with Crippen molar-refractivity contribution in [1.82, 2.24) is 0 Å². The van der Waals surface area contributed by atoms with Crippen LogP contribution >= 0.6 is 0 Å². The monoisotopic (exact) mass is 308 g/mol. The molecule has 0 aromatic rings. The standard InChI is InChI=1S/C10H22O3S.C4H6O2/c1-2-3-4-5-6-7-8-9-10-14(11,12)13;1-3(2)4(5)6/h2-10H2,1H3,(H,11,12,13);1H2,2H3,(H,5,6). The fraction of sp³-hybridized carbons (Fsp3) is 0.786. The fourth-order valence-corrected chi connectivity index (χ4v) is 1.99. The number of hydrogen-bond acceptors (Lipinski definition) is 3. The molecule has 0 aliphatic rings. The number of hydrogen-bond donors (Lipinski definition) is 2. The van der Waals surface area contributed by atoms with Gasteiger partial charge >= 0.3 is 5.97 Å². The van der Waals surface area contributed by atoms with Crippen LogP contribution in [0.3, 0.4) is 0 Å². The van der Waals surface area contributed by atoms with Crippen molar-refractivity contribution in [2.75, 3.05) is 5.75 Å². The summed E-state index contributed by atoms with van der Waals surface area (Å²) in [6.07, 6.45) is 8.85. The van der Waals surface area contributed by atoms with E-state index in [9.17, 15) is 13.2 Å². The average Bonchev–Trinajstić information content (AvgIpc) is 2.32. The molecule has 20 heavy (non-hydrogen) atoms. The fourth-order valence-electron chi connectivity index (χ4n) is 1.42. The van der Waals surface area contributed by atoms with Gasteiger partial charge in [0.05, 0.1) is 5.75 Å². The molecule has 0 saturated carbocycles. The Labute approximate surface area is 122 Å². The minimum Gasteiger partial charge on any atom is -0.478 e. The molecule has 6 heteroatoms. The summed E-state index contributed by atoms with van der Waals surface area (Å²) in [6.45, 7) is 6.79. The topological polar surface area (TPSA) is 91.7 Å². The molecule has 0 fully saturated rings. The molecule has 0 aromatic heterocycles. The molecule has 0 aliphatic heterocycles. The molecule has 0 saturated heterocycles. The van der Waals surface area contributed by atoms with Gasteiger partial charge < -0.3 is 5.11 Å². The smallest absolute Gasteiger partial charge is 0.330 e. The zero-order chi connectivity index (χ0) is 16.0. The normalized spacial score (nSPS) is 10.6. The lowest BCUT2D eigenvalue weighted by Crippen LogP contribution is -2.03. The first-order valence-corrected chi connectivity index (χ1v) is 8.65. The van der Waals surface area contributed by atoms with Crippen LogP contribution in [-0.4, -0.2) is 29.8 Å². The minimum absolute atomic E-state index is 0.0814. The minimum atomic E-state index is -3.73. The molecular weight excluding hydrogens is 280 g/mol. The summed E-state index contributed by atoms with van der Waals surface area (Å²) in [7, 11) is -3.73. The van der Waals surface area contributed by atoms with Gasteiger partial charge in [-0.15, -0.1) is 0 Å². The second-order valence-corrected chi connectivity index (χ2v) is 6.42. The number of unbranched alkanes of at least 4 members (excludes halogenated alkanes) is 7. The van der Waals surface area contributed by atoms with E-state index >= 15 is 0 Å². The molecular formula is C14H28O5S. The predicted molar refractivity (Wildman–Crippen MR) is 81.5 cm³/mol. The molecule has 5 nitrogen and oxygen atoms in total. The Morgan fingerprint density at radius 1 is 1.00 bits per heavy atom. The first-order valence-electron chi connectivity index (χ1n) is 7.04. The van der Waals surface area contributed by atoms with Crippen LogP contribution in [0.1, 0.15) is 65.2 Å². The lowest BCUT2D eigenvalue weighted by atomic mass is 10.1. The lowest BCUT2D eigenvalue weighted by molar-refractivity contribution is -0.132. The summed E-state index contributed by atoms with van der Waals surface area (Å²) in [5.41, 5.74) is 0.176. The average molecular weight is 308 g/mol. The molecule has 0 heterocycles. The number of aliphatic carboxylic acids is 1. The van der Waals surface area contributed by atoms with Crippen molar-refractivity contribution in [1.29, 1.82) is 0 Å². The van der Waals surface area contributed by atoms with Crippen LogP contribution in [0.25, 0.3) is 0 Å². The third-order valence-electron chi connectivity index (χ3n) is 2.62. The van der Waals surface area contributed by atoms with Crippen LogP contribution in [0.2, 0.25) is 0 Å². The Morgan fingerprint density at radius 2 is 1.35 bits per heavy atom. The van der Waals surface area contributed by atoms with Crippen LogP contribution < -0.4 is 0 Å². The van der Waals surface area contributed by atoms with Crippen LogP contribution in [0, 0.1) is 0 Å². The van der Waals surface area contributed by atoms with Gasteiger partial charge in [-0.2, -0.15) is 8.42 Å². The van der Waals surface area contributed by atoms with Crippen molar-refractivity contribution in [2.45, 2.75) is 65.2 Å². The Bertz CT molecular complexity index is 348. The molecule has 0 rings (SSSR count). The maximum atomic E-state index is 10.4. The third-order valence-corrected chi connectivity index (χ3v) is 3.43. The first-order chi connectivity index (χ1) is 9.20. The molecule has 0 bridgehead atoms. The van der Waals surface area contributed by atoms with E-state index in [0.717, 1.165) is 12.8 Å². The zero-order valence-electron chi connectivity index (χ0n) is 12.6. The maximum absolute atomic E-state index is 10.4. The highest BCUT2D eigenvalue weighted by atomic mass is 32.2. The molecule has 2 N–H and O–H groups in total. The predicted octanol–water partition coefficient (Wildman–Crippen LogP) is 3.66. The molecule has 120 valence electrons. The van der Waals surface area contributed by atoms with Crippen LogP contribution in [0.4, 0.5) is 0 Å². The van der Waals surface area contributed by atoms with Gasteiger partial charge in [-0.05, 0) is 13.3 Å². The molecule has 0 aliphatic carbocycles. The summed E-state index contributed by atoms with van der Waals surface area (Å²) in [5.74, 6) is -1.02. The Kier molecular flexibility index (Phi) is 14.1. The van der Waals surface area contributed by atoms with E-state index in [4.69, 9.17) is 9.66 Å². The second kappa shape index (κ2) is 13.1. The summed E-state index contributed by atoms with van der Waals surface area (Å²) in [6, 6.07) is 0. The summed E-state index contributed by atoms with van der Waals surface area (Å²) in [5, 5.41) is 7.89. The quantitative estimate of drug-likeness (QED) is 0.365. The maximum Gasteiger partial charge on any atom is 0.330 e. The Hall–Kier alpha value is -0.880. The van der Waals surface area contributed by atoms with E-state index in [1.807, 2.05) is 0 Å². The lowest BCUT2D eigenvalue weighted by Gasteiger charge is -2.00. The molecule has 0 spiro atoms. The van der Waals surface area contributed by atoms with Crippen molar-refractivity contribution in [2.24, 2.45) is 0 Å². The molecule has 0 atom stereocenters. The molecule has 0 radical (unpaired) electrons. The van der Waals surface area contributed by atoms with E-state index in [1.54, 1.807) is 0 Å². The summed E-state index contributed by atoms with van der Waals surface area (Å²) < 4.78 is 29.2. The van der Waals surface area contributed by atoms with E-state index in [-0.39, 0.29) is 11.3 Å². The van der Waals surface area contributed by atoms with Gasteiger partial charge in [0.25, 0.3) is 10.1 Å². The first kappa shape index (κ1) is 21.4. The highest BCUT2D eigenvalue weighted by Crippen LogP contribution is 2.08.